The van der Waals surface area contributed by atoms with Crippen molar-refractivity contribution >= 4 is 5.82 Å². The highest BCUT2D eigenvalue weighted by atomic mass is 15.1. The van der Waals surface area contributed by atoms with Gasteiger partial charge in [-0.1, -0.05) is 0 Å². The van der Waals surface area contributed by atoms with E-state index in [1.165, 1.54) is 31.9 Å². The number of hydrogen-bond acceptors (Lipinski definition) is 4. The molecule has 4 heteroatoms. The van der Waals surface area contributed by atoms with Crippen LogP contribution in [0.1, 0.15) is 31.4 Å². The van der Waals surface area contributed by atoms with E-state index in [9.17, 15) is 0 Å². The predicted octanol–water partition coefficient (Wildman–Crippen LogP) is 1.95. The minimum atomic E-state index is 0.375. The number of rotatable bonds is 4. The number of hydrogen-bond donors (Lipinski definition) is 1. The van der Waals surface area contributed by atoms with E-state index in [0.29, 0.717) is 11.7 Å². The normalized spacial score (nSPS) is 19.5. The van der Waals surface area contributed by atoms with Gasteiger partial charge in [-0.05, 0) is 37.5 Å². The lowest BCUT2D eigenvalue weighted by Crippen LogP contribution is -2.24. The number of nitriles is 1. The van der Waals surface area contributed by atoms with Gasteiger partial charge in [0, 0.05) is 6.04 Å². The molecule has 1 aromatic rings. The first-order chi connectivity index (χ1) is 7.86. The van der Waals surface area contributed by atoms with Crippen LogP contribution >= 0.6 is 0 Å². The van der Waals surface area contributed by atoms with E-state index >= 15 is 0 Å². The van der Waals surface area contributed by atoms with Crippen LogP contribution in [0.4, 0.5) is 5.82 Å². The molecule has 0 radical (unpaired) electrons. The van der Waals surface area contributed by atoms with Crippen molar-refractivity contribution in [2.24, 2.45) is 11.8 Å². The van der Waals surface area contributed by atoms with Crippen LogP contribution in [0.2, 0.25) is 0 Å². The number of anilines is 1. The highest BCUT2D eigenvalue weighted by Crippen LogP contribution is 2.45. The molecule has 0 atom stereocenters. The number of nitrogens with zero attached hydrogens (tertiary/aromatic N) is 3. The molecule has 4 nitrogen and oxygen atoms in total. The van der Waals surface area contributed by atoms with Gasteiger partial charge in [-0.2, -0.15) is 5.26 Å². The molecule has 0 spiro atoms. The molecule has 16 heavy (non-hydrogen) atoms. The summed E-state index contributed by atoms with van der Waals surface area (Å²) in [5.41, 5.74) is 0.375. The van der Waals surface area contributed by atoms with Crippen molar-refractivity contribution < 1.29 is 0 Å². The smallest absolute Gasteiger partial charge is 0.158 e. The molecular formula is C12H14N4. The maximum Gasteiger partial charge on any atom is 0.158 e. The van der Waals surface area contributed by atoms with Gasteiger partial charge in [0.1, 0.15) is 11.9 Å². The van der Waals surface area contributed by atoms with E-state index < -0.39 is 0 Å². The molecule has 2 fully saturated rings. The summed E-state index contributed by atoms with van der Waals surface area (Å²) in [6, 6.07) is 2.56. The first-order valence-electron chi connectivity index (χ1n) is 5.85. The second-order valence-corrected chi connectivity index (χ2v) is 4.74. The molecule has 1 heterocycles. The topological polar surface area (TPSA) is 61.6 Å². The van der Waals surface area contributed by atoms with Crippen molar-refractivity contribution in [2.75, 3.05) is 5.32 Å². The van der Waals surface area contributed by atoms with Gasteiger partial charge in [-0.25, -0.2) is 9.97 Å². The second kappa shape index (κ2) is 3.75. The molecule has 82 valence electrons. The highest BCUT2D eigenvalue weighted by molar-refractivity contribution is 5.35. The summed E-state index contributed by atoms with van der Waals surface area (Å²) in [6.07, 6.45) is 8.57. The van der Waals surface area contributed by atoms with Gasteiger partial charge in [0.15, 0.2) is 5.69 Å². The van der Waals surface area contributed by atoms with E-state index in [1.807, 2.05) is 6.07 Å². The fraction of sp³-hybridized carbons (Fsp3) is 0.583. The molecule has 0 bridgehead atoms. The zero-order valence-electron chi connectivity index (χ0n) is 9.06. The Kier molecular flexibility index (Phi) is 2.24. The lowest BCUT2D eigenvalue weighted by Gasteiger charge is -2.17. The van der Waals surface area contributed by atoms with Crippen LogP contribution in [-0.2, 0) is 0 Å². The summed E-state index contributed by atoms with van der Waals surface area (Å²) in [7, 11) is 0. The van der Waals surface area contributed by atoms with Gasteiger partial charge in [0.25, 0.3) is 0 Å². The van der Waals surface area contributed by atoms with Crippen molar-refractivity contribution in [3.63, 3.8) is 0 Å². The van der Waals surface area contributed by atoms with Crippen LogP contribution in [0.3, 0.4) is 0 Å². The summed E-state index contributed by atoms with van der Waals surface area (Å²) >= 11 is 0. The Morgan fingerprint density at radius 1 is 1.19 bits per heavy atom. The van der Waals surface area contributed by atoms with Crippen LogP contribution in [0.25, 0.3) is 0 Å². The number of nitrogens with one attached hydrogen (secondary N) is 1. The zero-order chi connectivity index (χ0) is 11.0. The maximum absolute atomic E-state index is 8.63. The Morgan fingerprint density at radius 3 is 2.31 bits per heavy atom. The summed E-state index contributed by atoms with van der Waals surface area (Å²) in [6.45, 7) is 0. The summed E-state index contributed by atoms with van der Waals surface area (Å²) in [5, 5.41) is 12.1. The molecule has 1 N–H and O–H groups in total. The van der Waals surface area contributed by atoms with E-state index in [1.54, 1.807) is 6.20 Å². The second-order valence-electron chi connectivity index (χ2n) is 4.74. The number of aromatic nitrogens is 2. The van der Waals surface area contributed by atoms with Crippen molar-refractivity contribution in [2.45, 2.75) is 31.7 Å². The first kappa shape index (κ1) is 9.59. The van der Waals surface area contributed by atoms with Crippen molar-refractivity contribution in [3.05, 3.63) is 18.1 Å². The standard InChI is InChI=1S/C12H14N4/c13-5-10-6-15-11(7-14-10)16-12(8-1-2-8)9-3-4-9/h6-9,12H,1-4H2,(H,15,16). The molecule has 0 aliphatic heterocycles. The SMILES string of the molecule is N#Cc1cnc(NC(C2CC2)C2CC2)cn1. The third-order valence-electron chi connectivity index (χ3n) is 3.34. The first-order valence-corrected chi connectivity index (χ1v) is 5.85. The fourth-order valence-electron chi connectivity index (χ4n) is 2.16. The van der Waals surface area contributed by atoms with Gasteiger partial charge in [0.2, 0.25) is 0 Å². The highest BCUT2D eigenvalue weighted by Gasteiger charge is 2.41. The van der Waals surface area contributed by atoms with Crippen molar-refractivity contribution in [1.82, 2.24) is 9.97 Å². The van der Waals surface area contributed by atoms with Gasteiger partial charge in [-0.15, -0.1) is 0 Å². The largest absolute Gasteiger partial charge is 0.366 e. The Balaban J connectivity index is 1.69. The lowest BCUT2D eigenvalue weighted by atomic mass is 10.1. The van der Waals surface area contributed by atoms with E-state index in [0.717, 1.165) is 17.7 Å². The van der Waals surface area contributed by atoms with Gasteiger partial charge in [-0.3, -0.25) is 0 Å². The minimum absolute atomic E-state index is 0.375. The molecule has 2 aliphatic carbocycles. The molecule has 0 aromatic carbocycles. The maximum atomic E-state index is 8.63. The van der Waals surface area contributed by atoms with Crippen LogP contribution in [0.5, 0.6) is 0 Å². The third-order valence-corrected chi connectivity index (χ3v) is 3.34. The summed E-state index contributed by atoms with van der Waals surface area (Å²) < 4.78 is 0. The Bertz CT molecular complexity index is 400. The average Bonchev–Trinajstić information content (AvgIpc) is 3.19. The van der Waals surface area contributed by atoms with Crippen molar-refractivity contribution in [3.8, 4) is 6.07 Å². The van der Waals surface area contributed by atoms with Crippen LogP contribution < -0.4 is 5.32 Å². The predicted molar refractivity (Wildman–Crippen MR) is 59.6 cm³/mol. The molecule has 1 aromatic heterocycles. The lowest BCUT2D eigenvalue weighted by molar-refractivity contribution is 0.565. The van der Waals surface area contributed by atoms with Crippen LogP contribution in [0.15, 0.2) is 12.4 Å². The monoisotopic (exact) mass is 214 g/mol. The van der Waals surface area contributed by atoms with Crippen LogP contribution in [0, 0.1) is 23.2 Å². The van der Waals surface area contributed by atoms with E-state index in [4.69, 9.17) is 5.26 Å². The molecule has 0 unspecified atom stereocenters. The zero-order valence-corrected chi connectivity index (χ0v) is 9.06. The quantitative estimate of drug-likeness (QED) is 0.832. The van der Waals surface area contributed by atoms with E-state index in [-0.39, 0.29) is 0 Å². The minimum Gasteiger partial charge on any atom is -0.366 e. The molecule has 3 rings (SSSR count). The van der Waals surface area contributed by atoms with Crippen LogP contribution in [-0.4, -0.2) is 16.0 Å². The Hall–Kier alpha value is -1.63. The average molecular weight is 214 g/mol. The Morgan fingerprint density at radius 2 is 1.88 bits per heavy atom. The summed E-state index contributed by atoms with van der Waals surface area (Å²) in [5.74, 6) is 2.48. The molecular weight excluding hydrogens is 200 g/mol. The molecule has 2 aliphatic rings. The molecule has 0 saturated heterocycles. The van der Waals surface area contributed by atoms with Gasteiger partial charge < -0.3 is 5.32 Å². The third kappa shape index (κ3) is 1.99. The Labute approximate surface area is 94.7 Å². The molecule has 2 saturated carbocycles. The molecule has 0 amide bonds. The van der Waals surface area contributed by atoms with Gasteiger partial charge >= 0.3 is 0 Å². The van der Waals surface area contributed by atoms with Gasteiger partial charge in [0.05, 0.1) is 12.4 Å². The summed E-state index contributed by atoms with van der Waals surface area (Å²) in [4.78, 5) is 8.24. The fourth-order valence-corrected chi connectivity index (χ4v) is 2.16. The van der Waals surface area contributed by atoms with Crippen molar-refractivity contribution in [1.29, 1.82) is 5.26 Å². The van der Waals surface area contributed by atoms with E-state index in [2.05, 4.69) is 15.3 Å².